The van der Waals surface area contributed by atoms with Crippen LogP contribution in [0.1, 0.15) is 0 Å². The first-order valence-electron chi connectivity index (χ1n) is 4.67. The van der Waals surface area contributed by atoms with Gasteiger partial charge >= 0.3 is 0 Å². The minimum absolute atomic E-state index is 0.968. The molecule has 0 amide bonds. The smallest absolute Gasteiger partial charge is 0.0535 e. The van der Waals surface area contributed by atoms with Crippen LogP contribution in [0.2, 0.25) is 0 Å². The summed E-state index contributed by atoms with van der Waals surface area (Å²) in [7, 11) is -0.968. The topological polar surface area (TPSA) is 34.7 Å². The van der Waals surface area contributed by atoms with E-state index in [4.69, 9.17) is 5.53 Å². The third kappa shape index (κ3) is 2.28. The van der Waals surface area contributed by atoms with Crippen LogP contribution >= 0.6 is 8.07 Å². The summed E-state index contributed by atoms with van der Waals surface area (Å²) in [5.41, 5.74) is 9.09. The summed E-state index contributed by atoms with van der Waals surface area (Å²) in [6, 6.07) is 19.7. The lowest BCUT2D eigenvalue weighted by molar-refractivity contribution is 1.71. The number of benzene rings is 2. The van der Waals surface area contributed by atoms with Gasteiger partial charge in [-0.3, -0.25) is 0 Å². The number of nitrogens with zero attached hydrogens (tertiary/aromatic N) is 2. The highest BCUT2D eigenvalue weighted by Crippen LogP contribution is 2.34. The molecule has 0 fully saturated rings. The monoisotopic (exact) mass is 213 g/mol. The van der Waals surface area contributed by atoms with E-state index < -0.39 is 8.07 Å². The average molecular weight is 213 g/mol. The molecule has 2 aromatic rings. The summed E-state index contributed by atoms with van der Waals surface area (Å²) >= 11 is 0. The molecule has 0 spiro atoms. The Morgan fingerprint density at radius 1 is 0.733 bits per heavy atom. The van der Waals surface area contributed by atoms with Gasteiger partial charge in [-0.15, -0.1) is 0 Å². The second kappa shape index (κ2) is 4.81. The van der Waals surface area contributed by atoms with Crippen LogP contribution < -0.4 is 10.6 Å². The molecule has 3 heteroatoms. The molecule has 0 aliphatic carbocycles. The van der Waals surface area contributed by atoms with Gasteiger partial charge in [-0.05, 0) is 0 Å². The minimum Gasteiger partial charge on any atom is -0.707 e. The highest BCUT2D eigenvalue weighted by Gasteiger charge is 2.07. The molecule has 0 aromatic heterocycles. The Hall–Kier alpha value is -1.53. The molecule has 2 aromatic carbocycles. The van der Waals surface area contributed by atoms with Crippen molar-refractivity contribution < 1.29 is 0 Å². The van der Waals surface area contributed by atoms with Crippen molar-refractivity contribution in [1.82, 2.24) is 0 Å². The van der Waals surface area contributed by atoms with Gasteiger partial charge in [0, 0.05) is 10.6 Å². The normalized spacial score (nSPS) is 10.2. The van der Waals surface area contributed by atoms with Crippen LogP contribution in [0.25, 0.3) is 5.53 Å². The van der Waals surface area contributed by atoms with Crippen molar-refractivity contribution in [3.05, 3.63) is 66.2 Å². The lowest BCUT2D eigenvalue weighted by atomic mass is 10.4. The highest BCUT2D eigenvalue weighted by atomic mass is 31.1. The van der Waals surface area contributed by atoms with Gasteiger partial charge < -0.3 is 10.4 Å². The van der Waals surface area contributed by atoms with Gasteiger partial charge in [0.2, 0.25) is 0 Å². The van der Waals surface area contributed by atoms with Gasteiger partial charge in [-0.2, -0.15) is 0 Å². The van der Waals surface area contributed by atoms with Gasteiger partial charge in [0.15, 0.2) is 0 Å². The van der Waals surface area contributed by atoms with Crippen molar-refractivity contribution in [3.8, 4) is 0 Å². The van der Waals surface area contributed by atoms with E-state index in [1.54, 1.807) is 0 Å². The second-order valence-electron chi connectivity index (χ2n) is 3.07. The van der Waals surface area contributed by atoms with E-state index in [1.165, 1.54) is 0 Å². The van der Waals surface area contributed by atoms with Crippen LogP contribution in [0.15, 0.2) is 65.5 Å². The Bertz CT molecular complexity index is 388. The highest BCUT2D eigenvalue weighted by molar-refractivity contribution is 7.71. The summed E-state index contributed by atoms with van der Waals surface area (Å²) in [4.78, 5) is 3.49. The molecule has 0 bridgehead atoms. The number of rotatable bonds is 3. The van der Waals surface area contributed by atoms with Crippen LogP contribution in [0.4, 0.5) is 0 Å². The van der Waals surface area contributed by atoms with E-state index >= 15 is 0 Å². The lowest BCUT2D eigenvalue weighted by Gasteiger charge is -2.15. The predicted octanol–water partition coefficient (Wildman–Crippen LogP) is 3.06. The third-order valence-corrected chi connectivity index (χ3v) is 3.84. The molecule has 0 heterocycles. The maximum Gasteiger partial charge on any atom is 0.0535 e. The molecule has 74 valence electrons. The molecule has 2 nitrogen and oxygen atoms in total. The summed E-state index contributed by atoms with van der Waals surface area (Å²) in [5.74, 6) is 0. The van der Waals surface area contributed by atoms with Crippen LogP contribution in [0, 0.1) is 0 Å². The largest absolute Gasteiger partial charge is 0.707 e. The predicted molar refractivity (Wildman–Crippen MR) is 64.9 cm³/mol. The number of hydrogen-bond donors (Lipinski definition) is 0. The summed E-state index contributed by atoms with van der Waals surface area (Å²) in [5, 5.41) is 2.11. The van der Waals surface area contributed by atoms with E-state index in [1.807, 2.05) is 60.7 Å². The standard InChI is InChI=1S/C12H10N2P/c13-14-15(11-7-3-1-4-8-11)12-9-5-2-6-10-12/h1-10H/q-1. The molecule has 0 unspecified atom stereocenters. The van der Waals surface area contributed by atoms with Gasteiger partial charge in [0.25, 0.3) is 0 Å². The van der Waals surface area contributed by atoms with Crippen LogP contribution in [0.3, 0.4) is 0 Å². The number of hydrogen-bond acceptors (Lipinski definition) is 1. The van der Waals surface area contributed by atoms with Crippen LogP contribution in [-0.4, -0.2) is 0 Å². The molecule has 15 heavy (non-hydrogen) atoms. The SMILES string of the molecule is [N-]=NP(c1ccccc1)c1ccccc1. The summed E-state index contributed by atoms with van der Waals surface area (Å²) in [6.07, 6.45) is 0. The fourth-order valence-electron chi connectivity index (χ4n) is 1.39. The van der Waals surface area contributed by atoms with E-state index in [0.717, 1.165) is 10.6 Å². The maximum absolute atomic E-state index is 9.09. The van der Waals surface area contributed by atoms with Gasteiger partial charge in [0.05, 0.1) is 8.07 Å². The first-order chi connectivity index (χ1) is 7.42. The quantitative estimate of drug-likeness (QED) is 0.554. The molecule has 0 saturated heterocycles. The van der Waals surface area contributed by atoms with E-state index in [0.29, 0.717) is 0 Å². The first-order valence-corrected chi connectivity index (χ1v) is 5.96. The van der Waals surface area contributed by atoms with Crippen molar-refractivity contribution in [3.63, 3.8) is 0 Å². The molecular weight excluding hydrogens is 203 g/mol. The summed E-state index contributed by atoms with van der Waals surface area (Å²) < 4.78 is 0. The van der Waals surface area contributed by atoms with E-state index in [-0.39, 0.29) is 0 Å². The fourth-order valence-corrected chi connectivity index (χ4v) is 2.80. The Morgan fingerprint density at radius 3 is 1.47 bits per heavy atom. The van der Waals surface area contributed by atoms with Crippen LogP contribution in [0.5, 0.6) is 0 Å². The van der Waals surface area contributed by atoms with Gasteiger partial charge in [0.1, 0.15) is 0 Å². The Labute approximate surface area is 90.3 Å². The average Bonchev–Trinajstić information content (AvgIpc) is 2.33. The Balaban J connectivity index is 2.38. The first kappa shape index (κ1) is 10.0. The zero-order chi connectivity index (χ0) is 10.5. The third-order valence-electron chi connectivity index (χ3n) is 2.09. The molecule has 0 radical (unpaired) electrons. The zero-order valence-electron chi connectivity index (χ0n) is 8.12. The summed E-state index contributed by atoms with van der Waals surface area (Å²) in [6.45, 7) is 0. The fraction of sp³-hybridized carbons (Fsp3) is 0. The molecular formula is C12H10N2P-. The van der Waals surface area contributed by atoms with Gasteiger partial charge in [-0.1, -0.05) is 60.7 Å². The molecule has 2 rings (SSSR count). The zero-order valence-corrected chi connectivity index (χ0v) is 9.01. The molecule has 0 aliphatic rings. The molecule has 0 N–H and O–H groups in total. The molecule has 0 aliphatic heterocycles. The minimum atomic E-state index is -0.968. The van der Waals surface area contributed by atoms with E-state index in [9.17, 15) is 0 Å². The Kier molecular flexibility index (Phi) is 3.21. The maximum atomic E-state index is 9.09. The molecule has 0 atom stereocenters. The van der Waals surface area contributed by atoms with Gasteiger partial charge in [-0.25, -0.2) is 0 Å². The van der Waals surface area contributed by atoms with Crippen molar-refractivity contribution in [2.24, 2.45) is 4.88 Å². The van der Waals surface area contributed by atoms with Crippen molar-refractivity contribution in [1.29, 1.82) is 0 Å². The Morgan fingerprint density at radius 2 is 1.13 bits per heavy atom. The van der Waals surface area contributed by atoms with Crippen molar-refractivity contribution in [2.45, 2.75) is 0 Å². The molecule has 0 saturated carbocycles. The second-order valence-corrected chi connectivity index (χ2v) is 4.91. The lowest BCUT2D eigenvalue weighted by Crippen LogP contribution is -2.08. The van der Waals surface area contributed by atoms with Crippen molar-refractivity contribution in [2.75, 3.05) is 0 Å². The van der Waals surface area contributed by atoms with E-state index in [2.05, 4.69) is 4.88 Å². The van der Waals surface area contributed by atoms with Crippen LogP contribution in [-0.2, 0) is 0 Å². The van der Waals surface area contributed by atoms with Crippen molar-refractivity contribution >= 4 is 18.7 Å².